The van der Waals surface area contributed by atoms with Gasteiger partial charge in [0.25, 0.3) is 0 Å². The van der Waals surface area contributed by atoms with Crippen LogP contribution >= 0.6 is 23.2 Å². The van der Waals surface area contributed by atoms with Gasteiger partial charge in [-0.1, -0.05) is 30.3 Å². The largest absolute Gasteiger partial charge is 0.508 e. The zero-order valence-corrected chi connectivity index (χ0v) is 43.0. The smallest absolute Gasteiger partial charge is 0.465 e. The molecule has 0 bridgehead atoms. The van der Waals surface area contributed by atoms with E-state index in [2.05, 4.69) is 0 Å². The summed E-state index contributed by atoms with van der Waals surface area (Å²) in [5, 5.41) is 0. The molecule has 26 heteroatoms. The molecule has 0 aliphatic carbocycles. The highest BCUT2D eigenvalue weighted by molar-refractivity contribution is 6.18. The summed E-state index contributed by atoms with van der Waals surface area (Å²) >= 11 is 11.4. The van der Waals surface area contributed by atoms with E-state index in [9.17, 15) is 52.7 Å². The molecule has 404 valence electrons. The van der Waals surface area contributed by atoms with E-state index in [1.54, 1.807) is 30.3 Å². The van der Waals surface area contributed by atoms with Gasteiger partial charge in [-0.3, -0.25) is 24.0 Å². The van der Waals surface area contributed by atoms with Crippen LogP contribution in [0.4, 0.5) is 9.59 Å². The van der Waals surface area contributed by atoms with Gasteiger partial charge in [-0.25, -0.2) is 28.8 Å². The fraction of sp³-hybridized carbons (Fsp3) is 0.630. The standard InChI is InChI=1S/C46H62Cl2O24/c1-28(71-37(53)30(3)69-32(5)49)35(51)63-22-44(7,39(55)60-19-13-17-47)24-65-42(58)67-26-46(9,41(57)62-21-34-15-11-10-12-16-34)27-68-43(59)66-25-45(8,40(56)61-20-14-18-48)23-64-36(52)29(2)72-38(54)31(4)70-33(6)50/h10-12,15-16,28-31H,13-14,17-27H2,1-9H3/t28-,29-,30-,31-,44?,45?,46?/m0/s1. The van der Waals surface area contributed by atoms with Crippen molar-refractivity contribution in [2.75, 3.05) is 64.6 Å². The van der Waals surface area contributed by atoms with Gasteiger partial charge in [-0.05, 0) is 66.9 Å². The molecule has 2 unspecified atom stereocenters. The second kappa shape index (κ2) is 31.8. The number of benzene rings is 1. The Labute approximate surface area is 425 Å². The molecule has 24 nitrogen and oxygen atoms in total. The molecule has 0 aromatic heterocycles. The molecule has 0 radical (unpaired) electrons. The third-order valence-electron chi connectivity index (χ3n) is 9.41. The highest BCUT2D eigenvalue weighted by atomic mass is 35.5. The van der Waals surface area contributed by atoms with E-state index in [4.69, 9.17) is 84.8 Å². The first-order valence-electron chi connectivity index (χ1n) is 22.1. The van der Waals surface area contributed by atoms with Crippen molar-refractivity contribution >= 4 is 89.2 Å². The molecule has 1 aromatic rings. The van der Waals surface area contributed by atoms with Gasteiger partial charge < -0.3 is 61.6 Å². The van der Waals surface area contributed by atoms with Crippen LogP contribution in [0.2, 0.25) is 0 Å². The van der Waals surface area contributed by atoms with Gasteiger partial charge in [-0.2, -0.15) is 0 Å². The highest BCUT2D eigenvalue weighted by Gasteiger charge is 2.43. The number of halogens is 2. The van der Waals surface area contributed by atoms with Crippen LogP contribution in [-0.4, -0.2) is 155 Å². The summed E-state index contributed by atoms with van der Waals surface area (Å²) in [6.07, 6.45) is -8.30. The Morgan fingerprint density at radius 2 is 0.736 bits per heavy atom. The lowest BCUT2D eigenvalue weighted by atomic mass is 9.93. The summed E-state index contributed by atoms with van der Waals surface area (Å²) in [7, 11) is 0. The van der Waals surface area contributed by atoms with Crippen LogP contribution in [0.25, 0.3) is 0 Å². The molecule has 0 amide bonds. The number of hydrogen-bond donors (Lipinski definition) is 0. The Morgan fingerprint density at radius 1 is 0.431 bits per heavy atom. The average Bonchev–Trinajstić information content (AvgIpc) is 3.33. The van der Waals surface area contributed by atoms with E-state index in [1.807, 2.05) is 0 Å². The molecule has 0 saturated carbocycles. The second-order valence-corrected chi connectivity index (χ2v) is 17.4. The normalized spacial score (nSPS) is 14.9. The average molecular weight is 1070 g/mol. The van der Waals surface area contributed by atoms with Crippen molar-refractivity contribution < 1.29 is 114 Å². The zero-order valence-electron chi connectivity index (χ0n) is 41.4. The monoisotopic (exact) mass is 1070 g/mol. The first-order chi connectivity index (χ1) is 33.7. The minimum atomic E-state index is -2.01. The van der Waals surface area contributed by atoms with Crippen molar-refractivity contribution in [3.63, 3.8) is 0 Å². The van der Waals surface area contributed by atoms with Crippen molar-refractivity contribution in [1.82, 2.24) is 0 Å². The fourth-order valence-electron chi connectivity index (χ4n) is 5.05. The number of carbonyl (C=O) groups excluding carboxylic acids is 11. The van der Waals surface area contributed by atoms with Gasteiger partial charge in [0.1, 0.15) is 62.5 Å². The summed E-state index contributed by atoms with van der Waals surface area (Å²) in [6, 6.07) is 8.38. The van der Waals surface area contributed by atoms with Crippen LogP contribution in [0.3, 0.4) is 0 Å². The predicted molar refractivity (Wildman–Crippen MR) is 243 cm³/mol. The van der Waals surface area contributed by atoms with Gasteiger partial charge in [-0.15, -0.1) is 23.2 Å². The molecule has 0 fully saturated rings. The molecule has 6 atom stereocenters. The van der Waals surface area contributed by atoms with E-state index >= 15 is 0 Å². The topological polar surface area (TPSA) is 308 Å². The molecule has 0 saturated heterocycles. The van der Waals surface area contributed by atoms with Gasteiger partial charge in [0.15, 0.2) is 24.4 Å². The molecule has 0 heterocycles. The molecular weight excluding hydrogens is 1010 g/mol. The second-order valence-electron chi connectivity index (χ2n) is 16.6. The lowest BCUT2D eigenvalue weighted by Gasteiger charge is -2.29. The van der Waals surface area contributed by atoms with Crippen molar-refractivity contribution in [2.24, 2.45) is 16.2 Å². The molecular formula is C46H62Cl2O24. The van der Waals surface area contributed by atoms with E-state index in [1.165, 1.54) is 34.6 Å². The maximum atomic E-state index is 13.6. The molecule has 0 N–H and O–H groups in total. The lowest BCUT2D eigenvalue weighted by molar-refractivity contribution is -0.180. The van der Waals surface area contributed by atoms with Crippen molar-refractivity contribution in [1.29, 1.82) is 0 Å². The molecule has 0 spiro atoms. The number of carbonyl (C=O) groups is 11. The number of hydrogen-bond acceptors (Lipinski definition) is 24. The van der Waals surface area contributed by atoms with Crippen molar-refractivity contribution in [2.45, 2.75) is 106 Å². The summed E-state index contributed by atoms with van der Waals surface area (Å²) in [6.45, 7) is 4.78. The fourth-order valence-corrected chi connectivity index (χ4v) is 5.26. The Hall–Kier alpha value is -6.43. The zero-order chi connectivity index (χ0) is 54.7. The summed E-state index contributed by atoms with van der Waals surface area (Å²) in [5.41, 5.74) is -5.29. The summed E-state index contributed by atoms with van der Waals surface area (Å²) < 4.78 is 66.6. The van der Waals surface area contributed by atoms with E-state index in [0.717, 1.165) is 27.7 Å². The SMILES string of the molecule is CC(=O)O[C@@H](C)C(=O)O[C@@H](C)C(=O)OCC(C)(COC(=O)OCC(C)(COC(=O)OCC(C)(COC(=O)[C@H](C)OC(=O)[C@H](C)OC(C)=O)C(=O)OCCCCl)C(=O)OCc1ccccc1)C(=O)OCCCCl. The minimum absolute atomic E-state index is 0.119. The quantitative estimate of drug-likeness (QED) is 0.0434. The molecule has 0 aliphatic heterocycles. The first kappa shape index (κ1) is 63.6. The molecule has 1 aromatic carbocycles. The number of rotatable bonds is 31. The third-order valence-corrected chi connectivity index (χ3v) is 9.95. The van der Waals surface area contributed by atoms with E-state index in [-0.39, 0.29) is 44.4 Å². The lowest BCUT2D eigenvalue weighted by Crippen LogP contribution is -2.43. The van der Waals surface area contributed by atoms with Gasteiger partial charge in [0.2, 0.25) is 0 Å². The maximum absolute atomic E-state index is 13.6. The highest BCUT2D eigenvalue weighted by Crippen LogP contribution is 2.26. The first-order valence-corrected chi connectivity index (χ1v) is 23.1. The Kier molecular flexibility index (Phi) is 28.1. The summed E-state index contributed by atoms with van der Waals surface area (Å²) in [4.78, 5) is 139. The molecule has 72 heavy (non-hydrogen) atoms. The minimum Gasteiger partial charge on any atom is -0.465 e. The Morgan fingerprint density at radius 3 is 1.06 bits per heavy atom. The number of alkyl halides is 2. The van der Waals surface area contributed by atoms with Gasteiger partial charge in [0, 0.05) is 25.6 Å². The van der Waals surface area contributed by atoms with Gasteiger partial charge >= 0.3 is 66.0 Å². The Balaban J connectivity index is 3.21. The van der Waals surface area contributed by atoms with Gasteiger partial charge in [0.05, 0.1) is 13.2 Å². The van der Waals surface area contributed by atoms with E-state index in [0.29, 0.717) is 5.56 Å². The van der Waals surface area contributed by atoms with E-state index < -0.39 is 146 Å². The van der Waals surface area contributed by atoms with Crippen LogP contribution in [0.1, 0.15) is 80.7 Å². The molecule has 0 aliphatic rings. The maximum Gasteiger partial charge on any atom is 0.508 e. The summed E-state index contributed by atoms with van der Waals surface area (Å²) in [5.74, 6) is -8.81. The van der Waals surface area contributed by atoms with Crippen LogP contribution in [-0.2, 0) is 111 Å². The Bertz CT molecular complexity index is 1900. The van der Waals surface area contributed by atoms with Crippen molar-refractivity contribution in [3.05, 3.63) is 35.9 Å². The predicted octanol–water partition coefficient (Wildman–Crippen LogP) is 4.25. The molecule has 1 rings (SSSR count). The van der Waals surface area contributed by atoms with Crippen molar-refractivity contribution in [3.8, 4) is 0 Å². The number of esters is 9. The van der Waals surface area contributed by atoms with Crippen LogP contribution < -0.4 is 0 Å². The number of ether oxygens (including phenoxy) is 13. The van der Waals surface area contributed by atoms with Crippen LogP contribution in [0.15, 0.2) is 30.3 Å². The third kappa shape index (κ3) is 23.7. The van der Waals surface area contributed by atoms with Crippen LogP contribution in [0.5, 0.6) is 0 Å². The van der Waals surface area contributed by atoms with Crippen LogP contribution in [0, 0.1) is 16.2 Å².